The van der Waals surface area contributed by atoms with Gasteiger partial charge in [-0.1, -0.05) is 62.6 Å². The van der Waals surface area contributed by atoms with Gasteiger partial charge in [0, 0.05) is 19.5 Å². The number of benzene rings is 2. The van der Waals surface area contributed by atoms with Gasteiger partial charge in [0.15, 0.2) is 0 Å². The van der Waals surface area contributed by atoms with E-state index in [2.05, 4.69) is 49.4 Å². The van der Waals surface area contributed by atoms with Gasteiger partial charge < -0.3 is 0 Å². The molecule has 2 heterocycles. The zero-order chi connectivity index (χ0) is 23.2. The normalized spacial score (nSPS) is 18.3. The molecule has 2 atom stereocenters. The summed E-state index contributed by atoms with van der Waals surface area (Å²) >= 11 is 3.71. The first-order valence-electron chi connectivity index (χ1n) is 12.2. The topological polar surface area (TPSA) is 34.1 Å². The first kappa shape index (κ1) is 21.7. The molecule has 34 heavy (non-hydrogen) atoms. The van der Waals surface area contributed by atoms with E-state index in [1.54, 1.807) is 11.3 Å². The molecule has 170 valence electrons. The number of carbonyl (C=O) groups is 2. The quantitative estimate of drug-likeness (QED) is 0.198. The summed E-state index contributed by atoms with van der Waals surface area (Å²) in [6.07, 6.45) is 6.34. The van der Waals surface area contributed by atoms with Crippen LogP contribution in [0.2, 0.25) is 0 Å². The summed E-state index contributed by atoms with van der Waals surface area (Å²) in [6.45, 7) is 2.25. The Morgan fingerprint density at radius 2 is 1.29 bits per heavy atom. The second kappa shape index (κ2) is 8.75. The first-order valence-corrected chi connectivity index (χ1v) is 13.8. The van der Waals surface area contributed by atoms with E-state index >= 15 is 0 Å². The highest BCUT2D eigenvalue weighted by atomic mass is 32.1. The first-order chi connectivity index (χ1) is 16.7. The summed E-state index contributed by atoms with van der Waals surface area (Å²) in [7, 11) is 0. The molecule has 0 spiro atoms. The molecule has 0 N–H and O–H groups in total. The molecule has 2 nitrogen and oxygen atoms in total. The van der Waals surface area contributed by atoms with Gasteiger partial charge in [0.2, 0.25) is 11.6 Å². The van der Waals surface area contributed by atoms with Gasteiger partial charge in [0.25, 0.3) is 0 Å². The molecule has 4 aromatic rings. The lowest BCUT2D eigenvalue weighted by Gasteiger charge is -2.38. The van der Waals surface area contributed by atoms with Crippen LogP contribution in [0.15, 0.2) is 66.7 Å². The van der Waals surface area contributed by atoms with E-state index in [0.29, 0.717) is 0 Å². The van der Waals surface area contributed by atoms with Gasteiger partial charge in [-0.3, -0.25) is 9.59 Å². The Morgan fingerprint density at radius 3 is 2.06 bits per heavy atom. The second-order valence-electron chi connectivity index (χ2n) is 9.31. The minimum atomic E-state index is -0.462. The largest absolute Gasteiger partial charge is 0.290 e. The Morgan fingerprint density at radius 1 is 0.647 bits per heavy atom. The molecule has 0 amide bonds. The summed E-state index contributed by atoms with van der Waals surface area (Å²) < 4.78 is 0. The Labute approximate surface area is 208 Å². The molecule has 4 heteroatoms. The number of aryl methyl sites for hydroxylation is 1. The Bertz CT molecular complexity index is 1410. The number of ketones is 2. The molecule has 7 rings (SSSR count). The number of hydrogen-bond acceptors (Lipinski definition) is 4. The third kappa shape index (κ3) is 3.52. The van der Waals surface area contributed by atoms with Crippen molar-refractivity contribution in [2.24, 2.45) is 0 Å². The number of carbonyl (C=O) groups excluding carboxylic acids is 2. The van der Waals surface area contributed by atoms with Crippen LogP contribution in [-0.4, -0.2) is 11.6 Å². The number of rotatable bonds is 7. The van der Waals surface area contributed by atoms with E-state index in [4.69, 9.17) is 0 Å². The van der Waals surface area contributed by atoms with E-state index in [1.807, 2.05) is 35.6 Å². The molecular formula is C30H26O2S2. The molecule has 2 aromatic carbocycles. The van der Waals surface area contributed by atoms with Gasteiger partial charge >= 0.3 is 0 Å². The van der Waals surface area contributed by atoms with Crippen LogP contribution in [0.25, 0.3) is 20.2 Å². The van der Waals surface area contributed by atoms with Crippen molar-refractivity contribution in [1.82, 2.24) is 0 Å². The Hall–Kier alpha value is -2.82. The maximum absolute atomic E-state index is 12.9. The van der Waals surface area contributed by atoms with Crippen molar-refractivity contribution in [3.8, 4) is 20.2 Å². The summed E-state index contributed by atoms with van der Waals surface area (Å²) in [5.74, 6) is -1.43. The van der Waals surface area contributed by atoms with Crippen LogP contribution < -0.4 is 0 Å². The van der Waals surface area contributed by atoms with Crippen molar-refractivity contribution >= 4 is 34.2 Å². The molecule has 0 aliphatic heterocycles. The van der Waals surface area contributed by atoms with E-state index in [-0.39, 0.29) is 11.6 Å². The lowest BCUT2D eigenvalue weighted by Crippen LogP contribution is -2.40. The molecule has 0 fully saturated rings. The monoisotopic (exact) mass is 482 g/mol. The lowest BCUT2D eigenvalue weighted by molar-refractivity contribution is -0.138. The van der Waals surface area contributed by atoms with E-state index in [0.717, 1.165) is 27.8 Å². The molecule has 0 saturated heterocycles. The number of fused-ring (bicyclic) bond motifs is 1. The van der Waals surface area contributed by atoms with E-state index in [1.165, 1.54) is 51.6 Å². The number of unbranched alkanes of at least 4 members (excludes halogenated alkanes) is 3. The minimum absolute atomic E-state index is 0.259. The number of Topliss-reactive ketones (excluding diaryl/α,β-unsaturated/α-hetero) is 2. The van der Waals surface area contributed by atoms with E-state index in [9.17, 15) is 9.59 Å². The third-order valence-electron chi connectivity index (χ3n) is 7.17. The molecule has 0 radical (unpaired) electrons. The zero-order valence-electron chi connectivity index (χ0n) is 19.2. The van der Waals surface area contributed by atoms with Crippen molar-refractivity contribution in [2.75, 3.05) is 0 Å². The fourth-order valence-corrected chi connectivity index (χ4v) is 7.60. The lowest BCUT2D eigenvalue weighted by atomic mass is 9.62. The molecule has 2 unspecified atom stereocenters. The Balaban J connectivity index is 1.29. The number of hydrogen-bond donors (Lipinski definition) is 0. The summed E-state index contributed by atoms with van der Waals surface area (Å²) in [5, 5.41) is 0. The predicted octanol–water partition coefficient (Wildman–Crippen LogP) is 8.00. The highest BCUT2D eigenvalue weighted by molar-refractivity contribution is 7.23. The van der Waals surface area contributed by atoms with Crippen molar-refractivity contribution < 1.29 is 9.59 Å². The van der Waals surface area contributed by atoms with Crippen LogP contribution >= 0.6 is 22.7 Å². The Kier molecular flexibility index (Phi) is 5.59. The molecule has 0 saturated carbocycles. The van der Waals surface area contributed by atoms with Gasteiger partial charge in [-0.25, -0.2) is 0 Å². The minimum Gasteiger partial charge on any atom is -0.290 e. The SMILES string of the molecule is CCCCCCc1ccc(-c2ccc(-c3ccc4c(c3)C3C(=O)C(=O)C4c4ccccc43)s2)s1. The molecule has 3 aliphatic carbocycles. The maximum Gasteiger partial charge on any atom is 0.211 e. The van der Waals surface area contributed by atoms with E-state index < -0.39 is 11.8 Å². The smallest absolute Gasteiger partial charge is 0.211 e. The summed E-state index contributed by atoms with van der Waals surface area (Å²) in [5.41, 5.74) is 5.13. The third-order valence-corrected chi connectivity index (χ3v) is 9.64. The maximum atomic E-state index is 12.9. The summed E-state index contributed by atoms with van der Waals surface area (Å²) in [6, 6.07) is 23.2. The standard InChI is InChI=1S/C30H26O2S2/c1-2-3-4-5-8-19-12-14-25(33-19)26-16-15-24(34-26)18-11-13-22-23(17-18)28-21-10-7-6-9-20(21)27(22)29(31)30(28)32/h6-7,9-17,27-28H,2-5,8H2,1H3. The highest BCUT2D eigenvalue weighted by Crippen LogP contribution is 2.50. The van der Waals surface area contributed by atoms with Gasteiger partial charge in [0.05, 0.1) is 11.8 Å². The molecular weight excluding hydrogens is 456 g/mol. The van der Waals surface area contributed by atoms with Crippen LogP contribution in [0.4, 0.5) is 0 Å². The second-order valence-corrected chi connectivity index (χ2v) is 11.6. The average molecular weight is 483 g/mol. The molecule has 2 bridgehead atoms. The van der Waals surface area contributed by atoms with Crippen molar-refractivity contribution in [2.45, 2.75) is 50.9 Å². The van der Waals surface area contributed by atoms with Crippen LogP contribution in [0.1, 0.15) is 71.6 Å². The van der Waals surface area contributed by atoms with Crippen LogP contribution in [0.5, 0.6) is 0 Å². The predicted molar refractivity (Wildman–Crippen MR) is 141 cm³/mol. The zero-order valence-corrected chi connectivity index (χ0v) is 20.8. The fourth-order valence-electron chi connectivity index (χ4n) is 5.46. The van der Waals surface area contributed by atoms with Crippen LogP contribution in [-0.2, 0) is 16.0 Å². The molecule has 3 aliphatic rings. The van der Waals surface area contributed by atoms with Crippen LogP contribution in [0, 0.1) is 0 Å². The molecule has 2 aromatic heterocycles. The number of thiophene rings is 2. The van der Waals surface area contributed by atoms with Gasteiger partial charge in [0.1, 0.15) is 0 Å². The summed E-state index contributed by atoms with van der Waals surface area (Å²) in [4.78, 5) is 31.0. The van der Waals surface area contributed by atoms with Crippen molar-refractivity contribution in [1.29, 1.82) is 0 Å². The van der Waals surface area contributed by atoms with Crippen LogP contribution in [0.3, 0.4) is 0 Å². The van der Waals surface area contributed by atoms with Gasteiger partial charge in [-0.05, 0) is 71.0 Å². The highest BCUT2D eigenvalue weighted by Gasteiger charge is 2.48. The van der Waals surface area contributed by atoms with Gasteiger partial charge in [-0.15, -0.1) is 22.7 Å². The fraction of sp³-hybridized carbons (Fsp3) is 0.267. The van der Waals surface area contributed by atoms with Crippen molar-refractivity contribution in [3.63, 3.8) is 0 Å². The average Bonchev–Trinajstić information content (AvgIpc) is 3.53. The van der Waals surface area contributed by atoms with Gasteiger partial charge in [-0.2, -0.15) is 0 Å². The van der Waals surface area contributed by atoms with Crippen molar-refractivity contribution in [3.05, 3.63) is 93.9 Å².